The largest absolute Gasteiger partial charge is 0.497 e. The summed E-state index contributed by atoms with van der Waals surface area (Å²) in [6.07, 6.45) is 3.01. The molecule has 1 amide bonds. The van der Waals surface area contributed by atoms with Crippen molar-refractivity contribution < 1.29 is 9.53 Å². The fourth-order valence-corrected chi connectivity index (χ4v) is 3.10. The van der Waals surface area contributed by atoms with E-state index < -0.39 is 0 Å². The predicted molar refractivity (Wildman–Crippen MR) is 110 cm³/mol. The zero-order valence-electron chi connectivity index (χ0n) is 16.3. The number of carbonyl (C=O) groups is 1. The highest BCUT2D eigenvalue weighted by molar-refractivity contribution is 5.81. The van der Waals surface area contributed by atoms with Crippen LogP contribution in [0.4, 0.5) is 5.69 Å². The molecule has 150 valence electrons. The number of methoxy groups -OCH3 is 1. The summed E-state index contributed by atoms with van der Waals surface area (Å²) in [5, 5.41) is 18.1. The Kier molecular flexibility index (Phi) is 5.69. The fourth-order valence-electron chi connectivity index (χ4n) is 3.10. The third kappa shape index (κ3) is 4.90. The number of ether oxygens (including phenoxy) is 1. The molecule has 1 saturated carbocycles. The van der Waals surface area contributed by atoms with E-state index in [9.17, 15) is 4.79 Å². The van der Waals surface area contributed by atoms with E-state index in [1.165, 1.54) is 0 Å². The third-order valence-corrected chi connectivity index (χ3v) is 4.85. The lowest BCUT2D eigenvalue weighted by molar-refractivity contribution is -0.119. The van der Waals surface area contributed by atoms with E-state index in [1.807, 2.05) is 53.2 Å². The summed E-state index contributed by atoms with van der Waals surface area (Å²) in [7, 11) is 1.65. The van der Waals surface area contributed by atoms with Crippen molar-refractivity contribution in [3.8, 4) is 17.1 Å². The molecular weight excluding hydrogens is 368 g/mol. The molecule has 0 spiro atoms. The Hall–Kier alpha value is -3.42. The van der Waals surface area contributed by atoms with Crippen molar-refractivity contribution in [3.05, 3.63) is 54.1 Å². The van der Waals surface area contributed by atoms with Crippen LogP contribution >= 0.6 is 0 Å². The van der Waals surface area contributed by atoms with Crippen LogP contribution in [0, 0.1) is 0 Å². The molecule has 8 nitrogen and oxygen atoms in total. The Labute approximate surface area is 169 Å². The number of nitrogens with zero attached hydrogens (tertiary/aromatic N) is 4. The molecule has 1 fully saturated rings. The number of hydrogen-bond acceptors (Lipinski definition) is 6. The van der Waals surface area contributed by atoms with Crippen LogP contribution in [0.3, 0.4) is 0 Å². The molecule has 0 radical (unpaired) electrons. The van der Waals surface area contributed by atoms with Gasteiger partial charge in [0.15, 0.2) is 5.82 Å². The molecule has 2 N–H and O–H groups in total. The van der Waals surface area contributed by atoms with Crippen molar-refractivity contribution >= 4 is 11.6 Å². The van der Waals surface area contributed by atoms with E-state index in [2.05, 4.69) is 26.2 Å². The molecule has 0 aliphatic heterocycles. The number of carbonyl (C=O) groups excluding carboxylic acids is 1. The maximum atomic E-state index is 12.1. The van der Waals surface area contributed by atoms with E-state index in [4.69, 9.17) is 4.74 Å². The molecule has 0 atom stereocenters. The fraction of sp³-hybridized carbons (Fsp3) is 0.333. The van der Waals surface area contributed by atoms with Crippen LogP contribution in [-0.4, -0.2) is 46.3 Å². The van der Waals surface area contributed by atoms with Gasteiger partial charge < -0.3 is 15.4 Å². The Morgan fingerprint density at radius 2 is 2.03 bits per heavy atom. The number of nitrogens with one attached hydrogen (secondary N) is 2. The molecule has 2 aromatic carbocycles. The highest BCUT2D eigenvalue weighted by atomic mass is 16.5. The smallest absolute Gasteiger partial charge is 0.239 e. The first-order chi connectivity index (χ1) is 14.2. The van der Waals surface area contributed by atoms with Crippen LogP contribution in [0.1, 0.15) is 24.4 Å². The number of amides is 1. The lowest BCUT2D eigenvalue weighted by atomic mass is 10.1. The lowest BCUT2D eigenvalue weighted by Crippen LogP contribution is -2.31. The van der Waals surface area contributed by atoms with E-state index >= 15 is 0 Å². The molecule has 3 aromatic rings. The van der Waals surface area contributed by atoms with Crippen molar-refractivity contribution in [2.24, 2.45) is 0 Å². The molecule has 0 unspecified atom stereocenters. The number of rotatable bonds is 9. The normalized spacial score (nSPS) is 13.1. The van der Waals surface area contributed by atoms with Gasteiger partial charge in [-0.2, -0.15) is 0 Å². The summed E-state index contributed by atoms with van der Waals surface area (Å²) >= 11 is 0. The van der Waals surface area contributed by atoms with Gasteiger partial charge in [0.2, 0.25) is 5.91 Å². The van der Waals surface area contributed by atoms with Gasteiger partial charge in [-0.1, -0.05) is 24.3 Å². The molecule has 8 heteroatoms. The molecule has 0 saturated heterocycles. The highest BCUT2D eigenvalue weighted by Gasteiger charge is 2.28. The van der Waals surface area contributed by atoms with Gasteiger partial charge in [0.1, 0.15) is 5.75 Å². The Bertz CT molecular complexity index is 965. The lowest BCUT2D eigenvalue weighted by Gasteiger charge is -2.10. The Balaban J connectivity index is 1.26. The maximum Gasteiger partial charge on any atom is 0.239 e. The van der Waals surface area contributed by atoms with Crippen LogP contribution in [0.15, 0.2) is 48.5 Å². The zero-order chi connectivity index (χ0) is 20.1. The highest BCUT2D eigenvalue weighted by Crippen LogP contribution is 2.36. The van der Waals surface area contributed by atoms with Gasteiger partial charge >= 0.3 is 0 Å². The number of aromatic nitrogens is 4. The van der Waals surface area contributed by atoms with Gasteiger partial charge in [0.25, 0.3) is 0 Å². The molecule has 1 aliphatic rings. The van der Waals surface area contributed by atoms with Crippen molar-refractivity contribution in [2.45, 2.75) is 25.3 Å². The standard InChI is InChI=1S/C21H24N6O2/c1-29-19-9-5-15(6-10-19)11-12-22-20(28)14-23-17-4-2-3-16(13-17)21-24-25-26-27(21)18-7-8-18/h2-6,9-10,13,18,23H,7-8,11-12,14H2,1H3,(H,22,28). The van der Waals surface area contributed by atoms with E-state index in [-0.39, 0.29) is 12.5 Å². The number of hydrogen-bond donors (Lipinski definition) is 2. The SMILES string of the molecule is COc1ccc(CCNC(=O)CNc2cccc(-c3nnnn3C3CC3)c2)cc1. The summed E-state index contributed by atoms with van der Waals surface area (Å²) in [5.41, 5.74) is 2.95. The van der Waals surface area contributed by atoms with E-state index in [0.717, 1.165) is 47.7 Å². The van der Waals surface area contributed by atoms with Crippen LogP contribution in [0.2, 0.25) is 0 Å². The summed E-state index contributed by atoms with van der Waals surface area (Å²) in [6.45, 7) is 0.794. The molecular formula is C21H24N6O2. The zero-order valence-corrected chi connectivity index (χ0v) is 16.3. The minimum absolute atomic E-state index is 0.0493. The molecule has 1 aliphatic carbocycles. The van der Waals surface area contributed by atoms with Gasteiger partial charge in [-0.25, -0.2) is 4.68 Å². The first-order valence-corrected chi connectivity index (χ1v) is 9.75. The second kappa shape index (κ2) is 8.72. The van der Waals surface area contributed by atoms with E-state index in [0.29, 0.717) is 12.6 Å². The predicted octanol–water partition coefficient (Wildman–Crippen LogP) is 2.45. The molecule has 4 rings (SSSR count). The quantitative estimate of drug-likeness (QED) is 0.581. The number of benzene rings is 2. The second-order valence-electron chi connectivity index (χ2n) is 7.06. The molecule has 0 bridgehead atoms. The average Bonchev–Trinajstić information content (AvgIpc) is 3.49. The first kappa shape index (κ1) is 18.9. The topological polar surface area (TPSA) is 94.0 Å². The van der Waals surface area contributed by atoms with Crippen LogP contribution in [-0.2, 0) is 11.2 Å². The number of tetrazole rings is 1. The van der Waals surface area contributed by atoms with Crippen molar-refractivity contribution in [3.63, 3.8) is 0 Å². The Morgan fingerprint density at radius 3 is 2.79 bits per heavy atom. The molecule has 1 heterocycles. The summed E-state index contributed by atoms with van der Waals surface area (Å²) in [5.74, 6) is 1.54. The molecule has 1 aromatic heterocycles. The minimum atomic E-state index is -0.0493. The van der Waals surface area contributed by atoms with Gasteiger partial charge in [-0.15, -0.1) is 5.10 Å². The van der Waals surface area contributed by atoms with Crippen molar-refractivity contribution in [1.82, 2.24) is 25.5 Å². The van der Waals surface area contributed by atoms with Crippen LogP contribution in [0.5, 0.6) is 5.75 Å². The molecule has 29 heavy (non-hydrogen) atoms. The van der Waals surface area contributed by atoms with Crippen LogP contribution in [0.25, 0.3) is 11.4 Å². The average molecular weight is 392 g/mol. The second-order valence-corrected chi connectivity index (χ2v) is 7.06. The summed E-state index contributed by atoms with van der Waals surface area (Å²) in [6, 6.07) is 16.1. The maximum absolute atomic E-state index is 12.1. The van der Waals surface area contributed by atoms with Gasteiger partial charge in [-0.05, 0) is 59.5 Å². The summed E-state index contributed by atoms with van der Waals surface area (Å²) in [4.78, 5) is 12.1. The minimum Gasteiger partial charge on any atom is -0.497 e. The van der Waals surface area contributed by atoms with Gasteiger partial charge in [-0.3, -0.25) is 4.79 Å². The number of anilines is 1. The monoisotopic (exact) mass is 392 g/mol. The van der Waals surface area contributed by atoms with Crippen LogP contribution < -0.4 is 15.4 Å². The first-order valence-electron chi connectivity index (χ1n) is 9.75. The van der Waals surface area contributed by atoms with Gasteiger partial charge in [0, 0.05) is 17.8 Å². The van der Waals surface area contributed by atoms with E-state index in [1.54, 1.807) is 7.11 Å². The van der Waals surface area contributed by atoms with Crippen molar-refractivity contribution in [2.75, 3.05) is 25.5 Å². The summed E-state index contributed by atoms with van der Waals surface area (Å²) < 4.78 is 7.03. The van der Waals surface area contributed by atoms with Crippen molar-refractivity contribution in [1.29, 1.82) is 0 Å². The third-order valence-electron chi connectivity index (χ3n) is 4.85. The Morgan fingerprint density at radius 1 is 1.21 bits per heavy atom. The van der Waals surface area contributed by atoms with Gasteiger partial charge in [0.05, 0.1) is 19.7 Å².